The van der Waals surface area contributed by atoms with Crippen molar-refractivity contribution < 1.29 is 24.5 Å². The van der Waals surface area contributed by atoms with Gasteiger partial charge in [-0.15, -0.1) is 0 Å². The van der Waals surface area contributed by atoms with Gasteiger partial charge in [-0.3, -0.25) is 4.79 Å². The molecule has 6 nitrogen and oxygen atoms in total. The maximum atomic E-state index is 13.7. The van der Waals surface area contributed by atoms with Crippen LogP contribution in [0.3, 0.4) is 0 Å². The predicted molar refractivity (Wildman–Crippen MR) is 131 cm³/mol. The third kappa shape index (κ3) is 6.11. The largest absolute Gasteiger partial charge is 0.481 e. The number of aliphatic carboxylic acids is 1. The van der Waals surface area contributed by atoms with E-state index in [2.05, 4.69) is 0 Å². The molecule has 34 heavy (non-hydrogen) atoms. The minimum absolute atomic E-state index is 0.00633. The Hall–Kier alpha value is -3.00. The molecule has 0 saturated carbocycles. The number of aryl methyl sites for hydroxylation is 1. The van der Waals surface area contributed by atoms with Crippen LogP contribution in [0.4, 0.5) is 4.39 Å². The number of aliphatic hydroxyl groups is 2. The molecule has 0 radical (unpaired) electrons. The van der Waals surface area contributed by atoms with Crippen LogP contribution in [-0.2, 0) is 4.79 Å². The molecule has 8 heteroatoms. The lowest BCUT2D eigenvalue weighted by Crippen LogP contribution is -2.19. The normalized spacial score (nSPS) is 13.5. The number of nitrogens with zero attached hydrogens (tertiary/aromatic N) is 2. The van der Waals surface area contributed by atoms with Gasteiger partial charge in [0.1, 0.15) is 11.6 Å². The molecule has 0 fully saturated rings. The molecule has 3 N–H and O–H groups in total. The number of carboxylic acid groups (broad SMARTS) is 1. The second-order valence-electron chi connectivity index (χ2n) is 8.55. The Morgan fingerprint density at radius 2 is 1.85 bits per heavy atom. The molecule has 180 valence electrons. The topological polar surface area (TPSA) is 95.6 Å². The third-order valence-electron chi connectivity index (χ3n) is 5.41. The summed E-state index contributed by atoms with van der Waals surface area (Å²) in [4.78, 5) is 15.7. The van der Waals surface area contributed by atoms with Gasteiger partial charge in [-0.1, -0.05) is 31.5 Å². The van der Waals surface area contributed by atoms with E-state index >= 15 is 0 Å². The van der Waals surface area contributed by atoms with Crippen molar-refractivity contribution in [3.05, 3.63) is 70.8 Å². The Balaban J connectivity index is 2.15. The summed E-state index contributed by atoms with van der Waals surface area (Å²) >= 11 is 6.29. The maximum Gasteiger partial charge on any atom is 0.305 e. The highest BCUT2D eigenvalue weighted by Crippen LogP contribution is 2.37. The number of halogens is 2. The second-order valence-corrected chi connectivity index (χ2v) is 8.99. The lowest BCUT2D eigenvalue weighted by atomic mass is 10.0. The van der Waals surface area contributed by atoms with Crippen LogP contribution >= 0.6 is 11.6 Å². The predicted octanol–water partition coefficient (Wildman–Crippen LogP) is 5.50. The average molecular weight is 487 g/mol. The van der Waals surface area contributed by atoms with E-state index in [0.29, 0.717) is 22.2 Å². The molecular formula is C26H28ClFN2O4. The number of benzene rings is 2. The van der Waals surface area contributed by atoms with E-state index in [-0.39, 0.29) is 18.2 Å². The molecule has 0 spiro atoms. The molecular weight excluding hydrogens is 459 g/mol. The van der Waals surface area contributed by atoms with Crippen LogP contribution in [0, 0.1) is 12.7 Å². The molecule has 1 aromatic heterocycles. The second kappa shape index (κ2) is 11.0. The number of aromatic nitrogens is 2. The zero-order chi connectivity index (χ0) is 25.0. The van der Waals surface area contributed by atoms with Crippen molar-refractivity contribution in [1.29, 1.82) is 0 Å². The van der Waals surface area contributed by atoms with Crippen LogP contribution in [0.25, 0.3) is 28.7 Å². The first-order valence-electron chi connectivity index (χ1n) is 11.0. The van der Waals surface area contributed by atoms with Crippen molar-refractivity contribution in [2.24, 2.45) is 0 Å². The Bertz CT molecular complexity index is 1190. The fourth-order valence-corrected chi connectivity index (χ4v) is 3.93. The van der Waals surface area contributed by atoms with E-state index in [1.807, 2.05) is 37.5 Å². The lowest BCUT2D eigenvalue weighted by molar-refractivity contribution is -0.139. The molecule has 2 unspecified atom stereocenters. The molecule has 3 rings (SSSR count). The fourth-order valence-electron chi connectivity index (χ4n) is 3.76. The van der Waals surface area contributed by atoms with Crippen LogP contribution < -0.4 is 0 Å². The Morgan fingerprint density at radius 3 is 2.47 bits per heavy atom. The molecule has 2 aromatic carbocycles. The summed E-state index contributed by atoms with van der Waals surface area (Å²) in [6.07, 6.45) is 0.315. The van der Waals surface area contributed by atoms with Gasteiger partial charge in [0.15, 0.2) is 0 Å². The molecule has 0 saturated heterocycles. The van der Waals surface area contributed by atoms with Crippen molar-refractivity contribution in [3.63, 3.8) is 0 Å². The van der Waals surface area contributed by atoms with Gasteiger partial charge in [0.05, 0.1) is 30.0 Å². The zero-order valence-corrected chi connectivity index (χ0v) is 20.0. The standard InChI is InChI=1S/C26H28ClFN2O4/c1-15(2)26-29-24(22-12-18(27)7-4-16(22)3)25(17-5-8-19(28)9-6-17)30(26)11-10-20(31)13-21(32)14-23(33)34/h4-12,15,20-21,31-32H,13-14H2,1-3H3,(H,33,34)/b11-10+. The zero-order valence-electron chi connectivity index (χ0n) is 19.2. The Kier molecular flexibility index (Phi) is 8.25. The summed E-state index contributed by atoms with van der Waals surface area (Å²) in [5, 5.41) is 29.6. The van der Waals surface area contributed by atoms with E-state index in [1.54, 1.807) is 24.4 Å². The molecule has 0 amide bonds. The number of aliphatic hydroxyl groups excluding tert-OH is 2. The van der Waals surface area contributed by atoms with Crippen LogP contribution in [0.2, 0.25) is 5.02 Å². The summed E-state index contributed by atoms with van der Waals surface area (Å²) < 4.78 is 15.5. The number of imidazole rings is 1. The van der Waals surface area contributed by atoms with Crippen LogP contribution in [0.5, 0.6) is 0 Å². The van der Waals surface area contributed by atoms with Gasteiger partial charge in [-0.25, -0.2) is 9.37 Å². The summed E-state index contributed by atoms with van der Waals surface area (Å²) in [5.74, 6) is -0.784. The van der Waals surface area contributed by atoms with Gasteiger partial charge in [0.2, 0.25) is 0 Å². The Labute approximate surface area is 203 Å². The summed E-state index contributed by atoms with van der Waals surface area (Å²) in [6.45, 7) is 5.93. The van der Waals surface area contributed by atoms with Gasteiger partial charge in [0, 0.05) is 34.7 Å². The summed E-state index contributed by atoms with van der Waals surface area (Å²) in [7, 11) is 0. The minimum atomic E-state index is -1.18. The van der Waals surface area contributed by atoms with E-state index in [9.17, 15) is 19.4 Å². The molecule has 0 aliphatic heterocycles. The molecule has 2 atom stereocenters. The fraction of sp³-hybridized carbons (Fsp3) is 0.308. The number of rotatable bonds is 9. The number of hydrogen-bond acceptors (Lipinski definition) is 4. The van der Waals surface area contributed by atoms with Crippen LogP contribution in [-0.4, -0.2) is 43.0 Å². The van der Waals surface area contributed by atoms with Crippen LogP contribution in [0.15, 0.2) is 48.5 Å². The first kappa shape index (κ1) is 25.6. The van der Waals surface area contributed by atoms with E-state index in [1.165, 1.54) is 18.2 Å². The van der Waals surface area contributed by atoms with Crippen molar-refractivity contribution in [2.75, 3.05) is 0 Å². The van der Waals surface area contributed by atoms with Gasteiger partial charge >= 0.3 is 5.97 Å². The molecule has 0 aliphatic carbocycles. The van der Waals surface area contributed by atoms with Gasteiger partial charge in [0.25, 0.3) is 0 Å². The monoisotopic (exact) mass is 486 g/mol. The molecule has 0 bridgehead atoms. The minimum Gasteiger partial charge on any atom is -0.481 e. The van der Waals surface area contributed by atoms with E-state index in [4.69, 9.17) is 21.7 Å². The smallest absolute Gasteiger partial charge is 0.305 e. The van der Waals surface area contributed by atoms with Gasteiger partial charge in [-0.05, 0) is 55.0 Å². The summed E-state index contributed by atoms with van der Waals surface area (Å²) in [5.41, 5.74) is 3.89. The first-order chi connectivity index (χ1) is 16.1. The van der Waals surface area contributed by atoms with Gasteiger partial charge in [-0.2, -0.15) is 0 Å². The van der Waals surface area contributed by atoms with Crippen molar-refractivity contribution >= 4 is 23.8 Å². The number of hydrogen-bond donors (Lipinski definition) is 3. The summed E-state index contributed by atoms with van der Waals surface area (Å²) in [6, 6.07) is 11.6. The Morgan fingerprint density at radius 1 is 1.18 bits per heavy atom. The molecule has 0 aliphatic rings. The van der Waals surface area contributed by atoms with Gasteiger partial charge < -0.3 is 19.9 Å². The third-order valence-corrected chi connectivity index (χ3v) is 5.64. The number of carboxylic acids is 1. The SMILES string of the molecule is Cc1ccc(Cl)cc1-c1nc(C(C)C)n(/C=C/C(O)CC(O)CC(=O)O)c1-c1ccc(F)cc1. The lowest BCUT2D eigenvalue weighted by Gasteiger charge is -2.14. The van der Waals surface area contributed by atoms with E-state index in [0.717, 1.165) is 16.7 Å². The van der Waals surface area contributed by atoms with Crippen molar-refractivity contribution in [2.45, 2.75) is 51.7 Å². The maximum absolute atomic E-state index is 13.7. The molecule has 1 heterocycles. The van der Waals surface area contributed by atoms with Crippen molar-refractivity contribution in [1.82, 2.24) is 9.55 Å². The molecule has 3 aromatic rings. The van der Waals surface area contributed by atoms with Crippen LogP contribution in [0.1, 0.15) is 44.0 Å². The van der Waals surface area contributed by atoms with E-state index < -0.39 is 24.6 Å². The quantitative estimate of drug-likeness (QED) is 0.371. The highest BCUT2D eigenvalue weighted by molar-refractivity contribution is 6.30. The van der Waals surface area contributed by atoms with Crippen molar-refractivity contribution in [3.8, 4) is 22.5 Å². The highest BCUT2D eigenvalue weighted by Gasteiger charge is 2.22. The number of carbonyl (C=O) groups is 1. The first-order valence-corrected chi connectivity index (χ1v) is 11.4. The average Bonchev–Trinajstić information content (AvgIpc) is 3.13. The highest BCUT2D eigenvalue weighted by atomic mass is 35.5.